The van der Waals surface area contributed by atoms with E-state index < -0.39 is 0 Å². The second-order valence-electron chi connectivity index (χ2n) is 1.06. The van der Waals surface area contributed by atoms with Gasteiger partial charge in [0.25, 0.3) is 0 Å². The molecule has 0 aliphatic carbocycles. The Labute approximate surface area is 69.4 Å². The number of halogens is 1. The van der Waals surface area contributed by atoms with E-state index in [1.54, 1.807) is 0 Å². The molecule has 0 rings (SSSR count). The normalized spacial score (nSPS) is 7.38. The zero-order valence-corrected chi connectivity index (χ0v) is 9.53. The van der Waals surface area contributed by atoms with Gasteiger partial charge in [0.2, 0.25) is 0 Å². The number of hydrogen-bond donors (Lipinski definition) is 0. The fourth-order valence-electron chi connectivity index (χ4n) is 0.233. The molecule has 0 radical (unpaired) electrons. The molecule has 0 unspecified atom stereocenters. The van der Waals surface area contributed by atoms with Crippen LogP contribution < -0.4 is 0 Å². The number of carbonyl (C=O) groups is 1. The van der Waals surface area contributed by atoms with E-state index in [-0.39, 0.29) is 23.0 Å². The van der Waals surface area contributed by atoms with Gasteiger partial charge in [-0.1, -0.05) is 0 Å². The van der Waals surface area contributed by atoms with Crippen molar-refractivity contribution < 1.29 is 27.8 Å². The third-order valence-electron chi connectivity index (χ3n) is 0.509. The quantitative estimate of drug-likeness (QED) is 0.527. The van der Waals surface area contributed by atoms with Gasteiger partial charge in [-0.05, 0) is 0 Å². The van der Waals surface area contributed by atoms with Gasteiger partial charge in [0.1, 0.15) is 0 Å². The average Bonchev–Trinajstić information content (AvgIpc) is 1.68. The van der Waals surface area contributed by atoms with Crippen LogP contribution in [0.4, 0.5) is 0 Å². The second kappa shape index (κ2) is 7.57. The Bertz CT molecular complexity index is 67.1. The molecule has 0 aromatic carbocycles. The summed E-state index contributed by atoms with van der Waals surface area (Å²) in [4.78, 5) is 10.2. The van der Waals surface area contributed by atoms with E-state index in [0.717, 1.165) is 18.3 Å². The van der Waals surface area contributed by atoms with Crippen LogP contribution in [0.15, 0.2) is 0 Å². The topological polar surface area (TPSA) is 26.3 Å². The summed E-state index contributed by atoms with van der Waals surface area (Å²) in [7, 11) is 0. The van der Waals surface area contributed by atoms with Crippen molar-refractivity contribution in [3.63, 3.8) is 0 Å². The summed E-state index contributed by atoms with van der Waals surface area (Å²) in [6, 6.07) is 0. The Kier molecular flexibility index (Phi) is 10.8. The first kappa shape index (κ1) is 11.4. The molecule has 0 spiro atoms. The molecular formula is C4H8BrO2Zn. The van der Waals surface area contributed by atoms with Crippen molar-refractivity contribution in [1.82, 2.24) is 0 Å². The molecule has 2 nitrogen and oxygen atoms in total. The fourth-order valence-corrected chi connectivity index (χ4v) is 0.536. The van der Waals surface area contributed by atoms with Crippen molar-refractivity contribution in [1.29, 1.82) is 0 Å². The Morgan fingerprint density at radius 2 is 2.25 bits per heavy atom. The molecule has 0 aliphatic heterocycles. The van der Waals surface area contributed by atoms with E-state index in [2.05, 4.69) is 4.74 Å². The Hall–Kier alpha value is 0.573. The van der Waals surface area contributed by atoms with E-state index in [4.69, 9.17) is 0 Å². The van der Waals surface area contributed by atoms with Gasteiger partial charge in [0.15, 0.2) is 0 Å². The van der Waals surface area contributed by atoms with Crippen LogP contribution in [0.1, 0.15) is 6.92 Å². The first-order valence-electron chi connectivity index (χ1n) is 2.26. The molecule has 0 aliphatic rings. The standard InChI is InChI=1S/C4H7O2.BrH.Zn/c1-3-6-4(2)5;;/h2-3H2,1H3;1H;. The number of esters is 1. The molecule has 0 N–H and O–H groups in total. The average molecular weight is 233 g/mol. The predicted molar refractivity (Wildman–Crippen MR) is 31.8 cm³/mol. The minimum absolute atomic E-state index is 0. The molecule has 0 heterocycles. The zero-order chi connectivity index (χ0) is 5.70. The van der Waals surface area contributed by atoms with Gasteiger partial charge >= 0.3 is 52.3 Å². The summed E-state index contributed by atoms with van der Waals surface area (Å²) in [5.74, 6) is -0.0671. The molecule has 4 heteroatoms. The SMILES string of the molecule is Br.CCOC(=O)[CH2][Zn]. The maximum absolute atomic E-state index is 10.2. The summed E-state index contributed by atoms with van der Waals surface area (Å²) < 4.78 is 4.58. The van der Waals surface area contributed by atoms with Crippen molar-refractivity contribution in [2.75, 3.05) is 6.61 Å². The molecule has 0 atom stereocenters. The van der Waals surface area contributed by atoms with E-state index in [0.29, 0.717) is 11.6 Å². The number of hydrogen-bond acceptors (Lipinski definition) is 2. The van der Waals surface area contributed by atoms with Crippen molar-refractivity contribution in [2.45, 2.75) is 11.9 Å². The summed E-state index contributed by atoms with van der Waals surface area (Å²) in [6.45, 7) is 2.33. The van der Waals surface area contributed by atoms with Crippen molar-refractivity contribution >= 4 is 23.0 Å². The maximum atomic E-state index is 10.2. The molecule has 8 heavy (non-hydrogen) atoms. The Balaban J connectivity index is 0. The molecule has 0 amide bonds. The van der Waals surface area contributed by atoms with Gasteiger partial charge in [0, 0.05) is 0 Å². The molecular weight excluding hydrogens is 225 g/mol. The Morgan fingerprint density at radius 1 is 1.75 bits per heavy atom. The first-order chi connectivity index (χ1) is 3.31. The molecule has 45 valence electrons. The molecule has 0 aromatic rings. The van der Waals surface area contributed by atoms with Crippen LogP contribution in [0.2, 0.25) is 5.02 Å². The van der Waals surface area contributed by atoms with Crippen LogP contribution in [0.25, 0.3) is 0 Å². The molecule has 0 saturated heterocycles. The van der Waals surface area contributed by atoms with Gasteiger partial charge in [0.05, 0.1) is 0 Å². The van der Waals surface area contributed by atoms with Crippen LogP contribution in [0, 0.1) is 0 Å². The number of ether oxygens (including phenoxy) is 1. The van der Waals surface area contributed by atoms with Crippen LogP contribution in [-0.2, 0) is 27.8 Å². The van der Waals surface area contributed by atoms with E-state index in [1.165, 1.54) is 0 Å². The van der Waals surface area contributed by atoms with Gasteiger partial charge in [-0.25, -0.2) is 0 Å². The summed E-state index contributed by atoms with van der Waals surface area (Å²) in [6.07, 6.45) is 0. The molecule has 0 fully saturated rings. The summed E-state index contributed by atoms with van der Waals surface area (Å²) in [5, 5.41) is 0.605. The summed E-state index contributed by atoms with van der Waals surface area (Å²) >= 11 is 0.999. The van der Waals surface area contributed by atoms with E-state index >= 15 is 0 Å². The zero-order valence-electron chi connectivity index (χ0n) is 4.85. The van der Waals surface area contributed by atoms with E-state index in [9.17, 15) is 4.79 Å². The molecule has 0 saturated carbocycles. The minimum atomic E-state index is -0.0671. The van der Waals surface area contributed by atoms with Crippen LogP contribution in [0.5, 0.6) is 0 Å². The van der Waals surface area contributed by atoms with Crippen molar-refractivity contribution in [2.24, 2.45) is 0 Å². The number of carbonyl (C=O) groups excluding carboxylic acids is 1. The van der Waals surface area contributed by atoms with E-state index in [1.807, 2.05) is 6.92 Å². The van der Waals surface area contributed by atoms with Crippen LogP contribution in [0.3, 0.4) is 0 Å². The van der Waals surface area contributed by atoms with Gasteiger partial charge in [-0.15, -0.1) is 17.0 Å². The van der Waals surface area contributed by atoms with Crippen LogP contribution in [-0.4, -0.2) is 12.6 Å². The Morgan fingerprint density at radius 3 is 2.38 bits per heavy atom. The third-order valence-corrected chi connectivity index (χ3v) is 1.37. The van der Waals surface area contributed by atoms with Crippen molar-refractivity contribution in [3.05, 3.63) is 0 Å². The second-order valence-corrected chi connectivity index (χ2v) is 2.10. The molecule has 0 aromatic heterocycles. The summed E-state index contributed by atoms with van der Waals surface area (Å²) in [5.41, 5.74) is 0. The predicted octanol–water partition coefficient (Wildman–Crippen LogP) is 1.09. The third kappa shape index (κ3) is 6.57. The number of rotatable bonds is 2. The van der Waals surface area contributed by atoms with Crippen LogP contribution >= 0.6 is 17.0 Å². The van der Waals surface area contributed by atoms with Gasteiger partial charge in [-0.3, -0.25) is 0 Å². The van der Waals surface area contributed by atoms with Gasteiger partial charge in [-0.2, -0.15) is 0 Å². The van der Waals surface area contributed by atoms with Crippen molar-refractivity contribution in [3.8, 4) is 0 Å². The fraction of sp³-hybridized carbons (Fsp3) is 0.750. The molecule has 0 bridgehead atoms. The van der Waals surface area contributed by atoms with Gasteiger partial charge < -0.3 is 0 Å². The monoisotopic (exact) mass is 231 g/mol. The first-order valence-corrected chi connectivity index (χ1v) is 4.36.